The summed E-state index contributed by atoms with van der Waals surface area (Å²) < 4.78 is 10.7. The van der Waals surface area contributed by atoms with E-state index in [0.717, 1.165) is 11.9 Å². The molecule has 0 heterocycles. The van der Waals surface area contributed by atoms with Crippen LogP contribution < -0.4 is 0 Å². The van der Waals surface area contributed by atoms with Crippen molar-refractivity contribution in [1.29, 1.82) is 0 Å². The molecule has 0 aliphatic rings. The van der Waals surface area contributed by atoms with Crippen molar-refractivity contribution in [1.82, 2.24) is 0 Å². The monoisotopic (exact) mass is 224 g/mol. The third kappa shape index (κ3) is 6.78. The Morgan fingerprint density at radius 3 is 2.27 bits per heavy atom. The standard InChI is InChI=1S/C8H17BrO2/c1-4-10-8(5-9)11-6-7(2)3/h7-8H,4-6H2,1-3H3. The molecule has 0 rings (SSSR count). The summed E-state index contributed by atoms with van der Waals surface area (Å²) >= 11 is 3.32. The summed E-state index contributed by atoms with van der Waals surface area (Å²) in [5.41, 5.74) is 0. The molecule has 11 heavy (non-hydrogen) atoms. The average Bonchev–Trinajstić information content (AvgIpc) is 1.97. The van der Waals surface area contributed by atoms with E-state index in [4.69, 9.17) is 9.47 Å². The van der Waals surface area contributed by atoms with Gasteiger partial charge in [0.1, 0.15) is 0 Å². The Morgan fingerprint density at radius 2 is 1.91 bits per heavy atom. The van der Waals surface area contributed by atoms with Crippen LogP contribution in [-0.4, -0.2) is 24.8 Å². The predicted octanol–water partition coefficient (Wildman–Crippen LogP) is 2.42. The van der Waals surface area contributed by atoms with Gasteiger partial charge in [-0.05, 0) is 12.8 Å². The molecule has 0 amide bonds. The van der Waals surface area contributed by atoms with E-state index < -0.39 is 0 Å². The lowest BCUT2D eigenvalue weighted by molar-refractivity contribution is -0.129. The molecule has 0 saturated heterocycles. The largest absolute Gasteiger partial charge is 0.352 e. The third-order valence-corrected chi connectivity index (χ3v) is 1.62. The molecule has 3 heteroatoms. The first kappa shape index (κ1) is 11.4. The van der Waals surface area contributed by atoms with Gasteiger partial charge < -0.3 is 9.47 Å². The molecule has 0 aromatic heterocycles. The van der Waals surface area contributed by atoms with E-state index in [1.54, 1.807) is 0 Å². The minimum absolute atomic E-state index is 0.0811. The van der Waals surface area contributed by atoms with Gasteiger partial charge >= 0.3 is 0 Å². The van der Waals surface area contributed by atoms with Gasteiger partial charge in [-0.15, -0.1) is 0 Å². The van der Waals surface area contributed by atoms with E-state index in [1.165, 1.54) is 0 Å². The Balaban J connectivity index is 3.35. The molecule has 0 N–H and O–H groups in total. The smallest absolute Gasteiger partial charge is 0.167 e. The molecule has 0 fully saturated rings. The molecule has 1 atom stereocenters. The molecular weight excluding hydrogens is 208 g/mol. The van der Waals surface area contributed by atoms with Crippen LogP contribution in [0.3, 0.4) is 0 Å². The Labute approximate surface area is 77.4 Å². The molecule has 0 aliphatic heterocycles. The van der Waals surface area contributed by atoms with E-state index in [2.05, 4.69) is 29.8 Å². The summed E-state index contributed by atoms with van der Waals surface area (Å²) in [7, 11) is 0. The topological polar surface area (TPSA) is 18.5 Å². The van der Waals surface area contributed by atoms with E-state index in [0.29, 0.717) is 12.5 Å². The second-order valence-corrected chi connectivity index (χ2v) is 3.41. The fourth-order valence-electron chi connectivity index (χ4n) is 0.623. The zero-order chi connectivity index (χ0) is 8.69. The normalized spacial score (nSPS) is 13.9. The van der Waals surface area contributed by atoms with Crippen LogP contribution >= 0.6 is 15.9 Å². The molecule has 0 spiro atoms. The van der Waals surface area contributed by atoms with Gasteiger partial charge in [0, 0.05) is 6.61 Å². The summed E-state index contributed by atoms with van der Waals surface area (Å²) in [5.74, 6) is 0.567. The number of rotatable bonds is 6. The van der Waals surface area contributed by atoms with E-state index in [9.17, 15) is 0 Å². The highest BCUT2D eigenvalue weighted by Gasteiger charge is 2.06. The number of hydrogen-bond acceptors (Lipinski definition) is 2. The Kier molecular flexibility index (Phi) is 7.33. The maximum absolute atomic E-state index is 5.42. The van der Waals surface area contributed by atoms with Crippen molar-refractivity contribution >= 4 is 15.9 Å². The quantitative estimate of drug-likeness (QED) is 0.510. The second kappa shape index (κ2) is 7.07. The lowest BCUT2D eigenvalue weighted by Crippen LogP contribution is -2.21. The van der Waals surface area contributed by atoms with Crippen LogP contribution in [-0.2, 0) is 9.47 Å². The highest BCUT2D eigenvalue weighted by molar-refractivity contribution is 9.09. The lowest BCUT2D eigenvalue weighted by Gasteiger charge is -2.16. The minimum atomic E-state index is -0.0811. The Hall–Kier alpha value is 0.400. The summed E-state index contributed by atoms with van der Waals surface area (Å²) in [5, 5.41) is 0.744. The van der Waals surface area contributed by atoms with E-state index in [1.807, 2.05) is 6.92 Å². The maximum Gasteiger partial charge on any atom is 0.167 e. The van der Waals surface area contributed by atoms with Crippen LogP contribution in [0.5, 0.6) is 0 Å². The number of halogens is 1. The van der Waals surface area contributed by atoms with Gasteiger partial charge in [0.25, 0.3) is 0 Å². The third-order valence-electron chi connectivity index (χ3n) is 1.09. The van der Waals surface area contributed by atoms with Crippen molar-refractivity contribution in [2.75, 3.05) is 18.5 Å². The molecular formula is C8H17BrO2. The van der Waals surface area contributed by atoms with Crippen molar-refractivity contribution in [2.24, 2.45) is 5.92 Å². The molecule has 0 bridgehead atoms. The summed E-state index contributed by atoms with van der Waals surface area (Å²) in [6.07, 6.45) is -0.0811. The molecule has 0 aliphatic carbocycles. The Bertz CT molecular complexity index is 86.2. The van der Waals surface area contributed by atoms with Crippen LogP contribution in [0.15, 0.2) is 0 Å². The number of alkyl halides is 1. The minimum Gasteiger partial charge on any atom is -0.352 e. The molecule has 0 aromatic rings. The van der Waals surface area contributed by atoms with Crippen molar-refractivity contribution in [3.8, 4) is 0 Å². The van der Waals surface area contributed by atoms with Gasteiger partial charge in [0.05, 0.1) is 11.9 Å². The van der Waals surface area contributed by atoms with E-state index >= 15 is 0 Å². The van der Waals surface area contributed by atoms with Crippen molar-refractivity contribution in [3.05, 3.63) is 0 Å². The number of hydrogen-bond donors (Lipinski definition) is 0. The summed E-state index contributed by atoms with van der Waals surface area (Å²) in [4.78, 5) is 0. The van der Waals surface area contributed by atoms with Gasteiger partial charge in [0.15, 0.2) is 6.29 Å². The van der Waals surface area contributed by atoms with Gasteiger partial charge in [-0.3, -0.25) is 0 Å². The molecule has 1 unspecified atom stereocenters. The van der Waals surface area contributed by atoms with Gasteiger partial charge in [-0.1, -0.05) is 29.8 Å². The highest BCUT2D eigenvalue weighted by Crippen LogP contribution is 2.02. The van der Waals surface area contributed by atoms with Crippen LogP contribution in [0.1, 0.15) is 20.8 Å². The number of ether oxygens (including phenoxy) is 2. The van der Waals surface area contributed by atoms with Gasteiger partial charge in [0.2, 0.25) is 0 Å². The van der Waals surface area contributed by atoms with Gasteiger partial charge in [-0.25, -0.2) is 0 Å². The summed E-state index contributed by atoms with van der Waals surface area (Å²) in [6, 6.07) is 0. The Morgan fingerprint density at radius 1 is 1.27 bits per heavy atom. The molecule has 68 valence electrons. The maximum atomic E-state index is 5.42. The molecule has 0 aromatic carbocycles. The zero-order valence-corrected chi connectivity index (χ0v) is 9.06. The lowest BCUT2D eigenvalue weighted by atomic mass is 10.2. The first-order chi connectivity index (χ1) is 5.20. The van der Waals surface area contributed by atoms with Crippen molar-refractivity contribution in [3.63, 3.8) is 0 Å². The van der Waals surface area contributed by atoms with E-state index in [-0.39, 0.29) is 6.29 Å². The van der Waals surface area contributed by atoms with Crippen LogP contribution in [0.2, 0.25) is 0 Å². The van der Waals surface area contributed by atoms with Crippen LogP contribution in [0.4, 0.5) is 0 Å². The van der Waals surface area contributed by atoms with Crippen molar-refractivity contribution < 1.29 is 9.47 Å². The average molecular weight is 225 g/mol. The highest BCUT2D eigenvalue weighted by atomic mass is 79.9. The fourth-order valence-corrected chi connectivity index (χ4v) is 0.997. The summed E-state index contributed by atoms with van der Waals surface area (Å²) in [6.45, 7) is 7.67. The zero-order valence-electron chi connectivity index (χ0n) is 7.47. The SMILES string of the molecule is CCOC(CBr)OCC(C)C. The van der Waals surface area contributed by atoms with Crippen LogP contribution in [0.25, 0.3) is 0 Å². The first-order valence-electron chi connectivity index (χ1n) is 3.99. The molecule has 0 radical (unpaired) electrons. The molecule has 0 saturated carbocycles. The fraction of sp³-hybridized carbons (Fsp3) is 1.00. The van der Waals surface area contributed by atoms with Crippen molar-refractivity contribution in [2.45, 2.75) is 27.1 Å². The predicted molar refractivity (Wildman–Crippen MR) is 50.0 cm³/mol. The first-order valence-corrected chi connectivity index (χ1v) is 5.12. The second-order valence-electron chi connectivity index (χ2n) is 2.77. The van der Waals surface area contributed by atoms with Gasteiger partial charge in [-0.2, -0.15) is 0 Å². The molecule has 2 nitrogen and oxygen atoms in total. The van der Waals surface area contributed by atoms with Crippen LogP contribution in [0, 0.1) is 5.92 Å².